The number of hydrogen-bond acceptors (Lipinski definition) is 6. The maximum absolute atomic E-state index is 13.2. The molecule has 2 heterocycles. The molecule has 11 heteroatoms. The van der Waals surface area contributed by atoms with E-state index in [0.717, 1.165) is 21.7 Å². The zero-order valence-corrected chi connectivity index (χ0v) is 19.3. The number of pyridine rings is 2. The molecule has 2 N–H and O–H groups in total. The summed E-state index contributed by atoms with van der Waals surface area (Å²) in [6.07, 6.45) is 3.01. The molecule has 3 rings (SSSR count). The van der Waals surface area contributed by atoms with Crippen molar-refractivity contribution in [2.45, 2.75) is 19.9 Å². The maximum Gasteiger partial charge on any atom is 0.267 e. The second-order valence-electron chi connectivity index (χ2n) is 7.63. The van der Waals surface area contributed by atoms with E-state index in [2.05, 4.69) is 10.3 Å². The summed E-state index contributed by atoms with van der Waals surface area (Å²) in [5.74, 6) is -1.70. The van der Waals surface area contributed by atoms with Crippen molar-refractivity contribution in [1.82, 2.24) is 19.2 Å². The molecule has 176 valence electrons. The van der Waals surface area contributed by atoms with Crippen molar-refractivity contribution >= 4 is 27.0 Å². The zero-order valence-electron chi connectivity index (χ0n) is 18.5. The number of rotatable bonds is 8. The third-order valence-electron chi connectivity index (χ3n) is 5.28. The lowest BCUT2D eigenvalue weighted by molar-refractivity contribution is 0.0947. The van der Waals surface area contributed by atoms with Gasteiger partial charge in [-0.1, -0.05) is 12.1 Å². The highest BCUT2D eigenvalue weighted by molar-refractivity contribution is 7.88. The number of halogens is 1. The van der Waals surface area contributed by atoms with E-state index in [1.807, 2.05) is 0 Å². The monoisotopic (exact) mass is 476 g/mol. The Morgan fingerprint density at radius 3 is 2.52 bits per heavy atom. The van der Waals surface area contributed by atoms with Gasteiger partial charge in [-0.05, 0) is 42.7 Å². The van der Waals surface area contributed by atoms with Crippen LogP contribution in [0.2, 0.25) is 0 Å². The molecule has 0 radical (unpaired) electrons. The molecular weight excluding hydrogens is 451 g/mol. The average Bonchev–Trinajstić information content (AvgIpc) is 2.75. The number of likely N-dealkylation sites (N-methyl/N-ethyl adjacent to an activating group) is 1. The minimum atomic E-state index is -3.41. The first-order chi connectivity index (χ1) is 15.5. The van der Waals surface area contributed by atoms with Gasteiger partial charge < -0.3 is 15.0 Å². The number of hydrogen-bond donors (Lipinski definition) is 2. The molecule has 1 amide bonds. The van der Waals surface area contributed by atoms with Gasteiger partial charge >= 0.3 is 0 Å². The van der Waals surface area contributed by atoms with Crippen molar-refractivity contribution in [3.05, 3.63) is 69.4 Å². The minimum Gasteiger partial charge on any atom is -0.505 e. The lowest BCUT2D eigenvalue weighted by Gasteiger charge is -2.16. The van der Waals surface area contributed by atoms with Crippen molar-refractivity contribution in [2.24, 2.45) is 0 Å². The van der Waals surface area contributed by atoms with E-state index < -0.39 is 32.8 Å². The van der Waals surface area contributed by atoms with E-state index >= 15 is 0 Å². The average molecular weight is 477 g/mol. The van der Waals surface area contributed by atoms with Gasteiger partial charge in [-0.15, -0.1) is 0 Å². The lowest BCUT2D eigenvalue weighted by atomic mass is 10.1. The van der Waals surface area contributed by atoms with Gasteiger partial charge in [0.1, 0.15) is 16.9 Å². The summed E-state index contributed by atoms with van der Waals surface area (Å²) in [6, 6.07) is 7.72. The third kappa shape index (κ3) is 5.37. The molecule has 0 spiro atoms. The molecule has 1 aromatic carbocycles. The van der Waals surface area contributed by atoms with E-state index in [1.54, 1.807) is 25.1 Å². The van der Waals surface area contributed by atoms with Crippen LogP contribution in [0, 0.1) is 5.82 Å². The first-order valence-corrected chi connectivity index (χ1v) is 12.1. The van der Waals surface area contributed by atoms with Gasteiger partial charge in [0.15, 0.2) is 5.75 Å². The topological polar surface area (TPSA) is 122 Å². The molecule has 0 bridgehead atoms. The van der Waals surface area contributed by atoms with Crippen LogP contribution in [0.5, 0.6) is 5.75 Å². The fourth-order valence-corrected chi connectivity index (χ4v) is 3.80. The van der Waals surface area contributed by atoms with E-state index in [4.69, 9.17) is 0 Å². The van der Waals surface area contributed by atoms with E-state index in [-0.39, 0.29) is 31.0 Å². The summed E-state index contributed by atoms with van der Waals surface area (Å²) >= 11 is 0. The van der Waals surface area contributed by atoms with Crippen molar-refractivity contribution in [3.63, 3.8) is 0 Å². The lowest BCUT2D eigenvalue weighted by Crippen LogP contribution is -2.38. The van der Waals surface area contributed by atoms with Gasteiger partial charge in [0.2, 0.25) is 10.0 Å². The first kappa shape index (κ1) is 24.3. The highest BCUT2D eigenvalue weighted by Gasteiger charge is 2.23. The molecule has 3 aromatic rings. The Morgan fingerprint density at radius 1 is 1.24 bits per heavy atom. The van der Waals surface area contributed by atoms with Crippen LogP contribution in [-0.4, -0.2) is 59.7 Å². The summed E-state index contributed by atoms with van der Waals surface area (Å²) in [5, 5.41) is 13.2. The Hall–Kier alpha value is -3.31. The number of aryl methyl sites for hydroxylation is 1. The van der Waals surface area contributed by atoms with Crippen LogP contribution in [0.15, 0.2) is 41.3 Å². The van der Waals surface area contributed by atoms with Crippen molar-refractivity contribution < 1.29 is 22.7 Å². The van der Waals surface area contributed by atoms with E-state index in [1.165, 1.54) is 29.9 Å². The van der Waals surface area contributed by atoms with Crippen LogP contribution >= 0.6 is 0 Å². The number of amides is 1. The fourth-order valence-electron chi connectivity index (χ4n) is 3.38. The number of aromatic hydroxyl groups is 1. The number of sulfonamides is 1. The molecule has 0 unspecified atom stereocenters. The number of carbonyl (C=O) groups excluding carboxylic acids is 1. The smallest absolute Gasteiger partial charge is 0.267 e. The minimum absolute atomic E-state index is 0.00583. The van der Waals surface area contributed by atoms with Crippen LogP contribution in [-0.2, 0) is 23.0 Å². The third-order valence-corrected chi connectivity index (χ3v) is 6.59. The van der Waals surface area contributed by atoms with Crippen LogP contribution in [0.3, 0.4) is 0 Å². The van der Waals surface area contributed by atoms with E-state index in [9.17, 15) is 27.5 Å². The molecule has 0 aliphatic heterocycles. The summed E-state index contributed by atoms with van der Waals surface area (Å²) in [7, 11) is -2.04. The van der Waals surface area contributed by atoms with Gasteiger partial charge in [0.25, 0.3) is 11.5 Å². The number of benzene rings is 1. The molecule has 0 aliphatic rings. The molecule has 0 aliphatic carbocycles. The number of nitrogens with zero attached hydrogens (tertiary/aromatic N) is 3. The second-order valence-corrected chi connectivity index (χ2v) is 9.72. The van der Waals surface area contributed by atoms with Gasteiger partial charge in [-0.25, -0.2) is 17.1 Å². The van der Waals surface area contributed by atoms with Gasteiger partial charge in [-0.2, -0.15) is 0 Å². The van der Waals surface area contributed by atoms with Gasteiger partial charge in [0, 0.05) is 32.9 Å². The molecule has 0 saturated carbocycles. The normalized spacial score (nSPS) is 11.8. The quantitative estimate of drug-likeness (QED) is 0.508. The fraction of sp³-hybridized carbons (Fsp3) is 0.318. The molecule has 9 nitrogen and oxygen atoms in total. The van der Waals surface area contributed by atoms with Crippen molar-refractivity contribution in [2.75, 3.05) is 26.4 Å². The number of nitrogens with one attached hydrogen (secondary N) is 1. The van der Waals surface area contributed by atoms with Crippen LogP contribution in [0.4, 0.5) is 4.39 Å². The Balaban J connectivity index is 1.93. The molecule has 0 saturated heterocycles. The molecule has 2 aromatic heterocycles. The summed E-state index contributed by atoms with van der Waals surface area (Å²) < 4.78 is 38.5. The maximum atomic E-state index is 13.2. The number of fused-ring (bicyclic) bond motifs is 1. The Kier molecular flexibility index (Phi) is 7.13. The van der Waals surface area contributed by atoms with Crippen LogP contribution in [0.25, 0.3) is 11.0 Å². The zero-order chi connectivity index (χ0) is 24.3. The molecule has 33 heavy (non-hydrogen) atoms. The van der Waals surface area contributed by atoms with Crippen molar-refractivity contribution in [1.29, 1.82) is 0 Å². The Morgan fingerprint density at radius 2 is 1.91 bits per heavy atom. The highest BCUT2D eigenvalue weighted by atomic mass is 32.2. The largest absolute Gasteiger partial charge is 0.505 e. The van der Waals surface area contributed by atoms with Crippen molar-refractivity contribution in [3.8, 4) is 5.75 Å². The predicted octanol–water partition coefficient (Wildman–Crippen LogP) is 1.47. The Labute approximate surface area is 190 Å². The van der Waals surface area contributed by atoms with E-state index in [0.29, 0.717) is 11.9 Å². The predicted molar refractivity (Wildman–Crippen MR) is 122 cm³/mol. The Bertz CT molecular complexity index is 1350. The molecular formula is C22H25FN4O5S. The second kappa shape index (κ2) is 9.67. The van der Waals surface area contributed by atoms with Gasteiger partial charge in [0.05, 0.1) is 11.8 Å². The SMILES string of the molecule is CCn1c(=O)c(C(=O)NCCN(C)S(C)(=O)=O)c(O)c2ncc(Cc3ccc(F)cc3)cc21. The highest BCUT2D eigenvalue weighted by Crippen LogP contribution is 2.26. The van der Waals surface area contributed by atoms with Crippen LogP contribution in [0.1, 0.15) is 28.4 Å². The number of carbonyl (C=O) groups is 1. The molecule has 0 fully saturated rings. The summed E-state index contributed by atoms with van der Waals surface area (Å²) in [6.45, 7) is 1.92. The summed E-state index contributed by atoms with van der Waals surface area (Å²) in [5.41, 5.74) is 0.923. The molecule has 0 atom stereocenters. The summed E-state index contributed by atoms with van der Waals surface area (Å²) in [4.78, 5) is 29.9. The van der Waals surface area contributed by atoms with Crippen LogP contribution < -0.4 is 10.9 Å². The standard InChI is InChI=1S/C22H25FN4O5S/c1-4-27-17-12-15(11-14-5-7-16(23)8-6-14)13-25-19(17)20(28)18(22(27)30)21(29)24-9-10-26(2)33(3,31)32/h5-8,12-13,28H,4,9-11H2,1-3H3,(H,24,29). The number of aromatic nitrogens is 2. The first-order valence-electron chi connectivity index (χ1n) is 10.2. The van der Waals surface area contributed by atoms with Gasteiger partial charge in [-0.3, -0.25) is 14.6 Å².